The van der Waals surface area contributed by atoms with Crippen LogP contribution in [-0.4, -0.2) is 38.0 Å². The summed E-state index contributed by atoms with van der Waals surface area (Å²) in [4.78, 5) is 0. The summed E-state index contributed by atoms with van der Waals surface area (Å²) in [5, 5.41) is 0. The van der Waals surface area contributed by atoms with Gasteiger partial charge in [0.15, 0.2) is 0 Å². The van der Waals surface area contributed by atoms with Gasteiger partial charge in [0.25, 0.3) is 3.68 Å². The molecule has 0 aliphatic heterocycles. The zero-order chi connectivity index (χ0) is 17.7. The van der Waals surface area contributed by atoms with Crippen LogP contribution < -0.4 is 0 Å². The van der Waals surface area contributed by atoms with Crippen LogP contribution in [0, 0.1) is 0 Å². The summed E-state index contributed by atoms with van der Waals surface area (Å²) in [5.74, 6) is -28.3. The SMILES string of the molecule is FCC(F)(I)C(F)(F)C(F)(F)C(F)(F)C(F)(F)C(F)(F)I. The highest BCUT2D eigenvalue weighted by atomic mass is 127. The smallest absolute Gasteiger partial charge is 0.246 e. The second-order valence-electron chi connectivity index (χ2n) is 3.63. The van der Waals surface area contributed by atoms with Gasteiger partial charge in [0.05, 0.1) is 0 Å². The Morgan fingerprint density at radius 2 is 0.810 bits per heavy atom. The standard InChI is InChI=1S/C7H2F12I2/c8-1-2(9,20)3(10,11)4(12,13)5(14,15)6(16,17)7(18,19)21/h1H2. The van der Waals surface area contributed by atoms with E-state index in [1.807, 2.05) is 0 Å². The minimum absolute atomic E-state index is 0.342. The molecule has 0 spiro atoms. The van der Waals surface area contributed by atoms with Crippen LogP contribution in [0.3, 0.4) is 0 Å². The molecule has 1 atom stereocenters. The Balaban J connectivity index is 6.14. The van der Waals surface area contributed by atoms with E-state index in [4.69, 9.17) is 0 Å². The molecule has 0 aliphatic carbocycles. The van der Waals surface area contributed by atoms with Crippen molar-refractivity contribution in [1.82, 2.24) is 0 Å². The summed E-state index contributed by atoms with van der Waals surface area (Å²) in [6.07, 6.45) is 0. The topological polar surface area (TPSA) is 0 Å². The Hall–Kier alpha value is 0.620. The molecule has 0 saturated heterocycles. The average Bonchev–Trinajstić information content (AvgIpc) is 2.26. The van der Waals surface area contributed by atoms with Gasteiger partial charge in [0, 0.05) is 22.6 Å². The third-order valence-corrected chi connectivity index (χ3v) is 3.81. The van der Waals surface area contributed by atoms with Gasteiger partial charge in [0.1, 0.15) is 6.67 Å². The number of alkyl halides is 14. The molecule has 0 aromatic rings. The Kier molecular flexibility index (Phi) is 5.77. The lowest BCUT2D eigenvalue weighted by Crippen LogP contribution is -2.69. The van der Waals surface area contributed by atoms with Crippen LogP contribution in [0.4, 0.5) is 52.7 Å². The third-order valence-electron chi connectivity index (χ3n) is 2.17. The van der Waals surface area contributed by atoms with Gasteiger partial charge < -0.3 is 0 Å². The van der Waals surface area contributed by atoms with Gasteiger partial charge in [-0.3, -0.25) is 0 Å². The maximum Gasteiger partial charge on any atom is 0.387 e. The summed E-state index contributed by atoms with van der Waals surface area (Å²) in [5.41, 5.74) is 0. The molecule has 0 aromatic heterocycles. The second-order valence-corrected chi connectivity index (χ2v) is 6.70. The maximum absolute atomic E-state index is 13.0. The van der Waals surface area contributed by atoms with E-state index in [9.17, 15) is 52.7 Å². The highest BCUT2D eigenvalue weighted by molar-refractivity contribution is 14.1. The minimum Gasteiger partial charge on any atom is -0.246 e. The molecule has 0 N–H and O–H groups in total. The van der Waals surface area contributed by atoms with Gasteiger partial charge >= 0.3 is 27.6 Å². The highest BCUT2D eigenvalue weighted by Gasteiger charge is 2.89. The van der Waals surface area contributed by atoms with Crippen molar-refractivity contribution in [3.05, 3.63) is 0 Å². The number of hydrogen-bond acceptors (Lipinski definition) is 0. The van der Waals surface area contributed by atoms with Gasteiger partial charge in [-0.05, 0) is 22.6 Å². The molecule has 1 unspecified atom stereocenters. The van der Waals surface area contributed by atoms with Crippen LogP contribution in [0.15, 0.2) is 0 Å². The van der Waals surface area contributed by atoms with Crippen molar-refractivity contribution in [3.63, 3.8) is 0 Å². The molecule has 14 heteroatoms. The van der Waals surface area contributed by atoms with Crippen molar-refractivity contribution in [2.75, 3.05) is 6.67 Å². The Bertz CT molecular complexity index is 384. The van der Waals surface area contributed by atoms with Crippen LogP contribution in [0.25, 0.3) is 0 Å². The molecule has 0 radical (unpaired) electrons. The second kappa shape index (κ2) is 5.61. The molecule has 0 nitrogen and oxygen atoms in total. The van der Waals surface area contributed by atoms with Crippen LogP contribution in [-0.2, 0) is 0 Å². The fourth-order valence-electron chi connectivity index (χ4n) is 0.886. The largest absolute Gasteiger partial charge is 0.387 e. The quantitative estimate of drug-likeness (QED) is 0.222. The van der Waals surface area contributed by atoms with E-state index in [-0.39, 0.29) is 22.6 Å². The lowest BCUT2D eigenvalue weighted by molar-refractivity contribution is -0.395. The van der Waals surface area contributed by atoms with Crippen molar-refractivity contribution in [1.29, 1.82) is 0 Å². The molecule has 0 heterocycles. The van der Waals surface area contributed by atoms with E-state index in [0.717, 1.165) is 0 Å². The third kappa shape index (κ3) is 3.02. The molecule has 0 rings (SSSR count). The monoisotopic (exact) mass is 568 g/mol. The summed E-state index contributed by atoms with van der Waals surface area (Å²) < 4.78 is 142. The summed E-state index contributed by atoms with van der Waals surface area (Å²) in [7, 11) is 0. The van der Waals surface area contributed by atoms with Crippen LogP contribution >= 0.6 is 45.2 Å². The Labute approximate surface area is 135 Å². The lowest BCUT2D eigenvalue weighted by atomic mass is 9.96. The predicted octanol–water partition coefficient (Wildman–Crippen LogP) is 5.63. The first kappa shape index (κ1) is 21.6. The molecule has 128 valence electrons. The molecular weight excluding hydrogens is 566 g/mol. The Morgan fingerprint density at radius 1 is 0.524 bits per heavy atom. The fourth-order valence-corrected chi connectivity index (χ4v) is 1.56. The maximum atomic E-state index is 13.0. The zero-order valence-corrected chi connectivity index (χ0v) is 13.3. The van der Waals surface area contributed by atoms with Gasteiger partial charge in [-0.1, -0.05) is 0 Å². The summed E-state index contributed by atoms with van der Waals surface area (Å²) in [6.45, 7) is -2.96. The number of hydrogen-bond donors (Lipinski definition) is 0. The molecule has 0 amide bonds. The molecule has 0 aliphatic rings. The van der Waals surface area contributed by atoms with E-state index in [0.29, 0.717) is 0 Å². The van der Waals surface area contributed by atoms with Gasteiger partial charge in [-0.25, -0.2) is 8.78 Å². The van der Waals surface area contributed by atoms with Crippen molar-refractivity contribution >= 4 is 45.2 Å². The van der Waals surface area contributed by atoms with Crippen LogP contribution in [0.2, 0.25) is 0 Å². The van der Waals surface area contributed by atoms with Gasteiger partial charge in [0.2, 0.25) is 0 Å². The average molecular weight is 568 g/mol. The number of halogens is 14. The Morgan fingerprint density at radius 3 is 1.05 bits per heavy atom. The first-order valence-corrected chi connectivity index (χ1v) is 6.49. The number of rotatable bonds is 6. The highest BCUT2D eigenvalue weighted by Crippen LogP contribution is 2.61. The minimum atomic E-state index is -7.37. The van der Waals surface area contributed by atoms with Crippen molar-refractivity contribution in [2.45, 2.75) is 31.3 Å². The zero-order valence-electron chi connectivity index (χ0n) is 9.00. The van der Waals surface area contributed by atoms with Crippen molar-refractivity contribution in [2.24, 2.45) is 0 Å². The normalized spacial score (nSPS) is 18.6. The van der Waals surface area contributed by atoms with Crippen LogP contribution in [0.1, 0.15) is 0 Å². The van der Waals surface area contributed by atoms with E-state index < -0.39 is 60.6 Å². The van der Waals surface area contributed by atoms with E-state index in [1.165, 1.54) is 0 Å². The lowest BCUT2D eigenvalue weighted by Gasteiger charge is -2.40. The van der Waals surface area contributed by atoms with Gasteiger partial charge in [-0.15, -0.1) is 0 Å². The first-order chi connectivity index (χ1) is 8.81. The fraction of sp³-hybridized carbons (Fsp3) is 1.00. The first-order valence-electron chi connectivity index (χ1n) is 4.33. The van der Waals surface area contributed by atoms with E-state index in [1.54, 1.807) is 0 Å². The predicted molar refractivity (Wildman–Crippen MR) is 62.6 cm³/mol. The molecule has 21 heavy (non-hydrogen) atoms. The summed E-state index contributed by atoms with van der Waals surface area (Å²) in [6, 6.07) is 0. The van der Waals surface area contributed by atoms with Crippen molar-refractivity contribution in [3.8, 4) is 0 Å². The van der Waals surface area contributed by atoms with E-state index in [2.05, 4.69) is 0 Å². The molecule has 0 bridgehead atoms. The molecule has 0 saturated carbocycles. The molecule has 0 aromatic carbocycles. The molecule has 0 fully saturated rings. The van der Waals surface area contributed by atoms with Gasteiger partial charge in [-0.2, -0.15) is 43.9 Å². The molecular formula is C7H2F12I2. The summed E-state index contributed by atoms with van der Waals surface area (Å²) >= 11 is -1.01. The van der Waals surface area contributed by atoms with E-state index >= 15 is 0 Å². The van der Waals surface area contributed by atoms with Crippen LogP contribution in [0.5, 0.6) is 0 Å². The van der Waals surface area contributed by atoms with Crippen molar-refractivity contribution < 1.29 is 52.7 Å².